The molecular weight excluding hydrogens is 568 g/mol. The van der Waals surface area contributed by atoms with Crippen LogP contribution in [0.1, 0.15) is 16.4 Å². The zero-order chi connectivity index (χ0) is 27.6. The van der Waals surface area contributed by atoms with Crippen LogP contribution in [-0.2, 0) is 14.3 Å². The Morgan fingerprint density at radius 1 is 1.10 bits per heavy atom. The predicted octanol–water partition coefficient (Wildman–Crippen LogP) is 5.29. The van der Waals surface area contributed by atoms with Crippen LogP contribution in [0.2, 0.25) is 5.02 Å². The highest BCUT2D eigenvalue weighted by Gasteiger charge is 2.38. The Bertz CT molecular complexity index is 1500. The molecule has 8 nitrogen and oxygen atoms in total. The number of thiophene rings is 1. The molecule has 1 fully saturated rings. The van der Waals surface area contributed by atoms with Gasteiger partial charge in [0, 0.05) is 29.2 Å². The lowest BCUT2D eigenvalue weighted by atomic mass is 10.0. The molecule has 0 N–H and O–H groups in total. The first-order valence-corrected chi connectivity index (χ1v) is 15.2. The molecule has 6 rings (SSSR count). The van der Waals surface area contributed by atoms with E-state index in [1.165, 1.54) is 0 Å². The predicted molar refractivity (Wildman–Crippen MR) is 159 cm³/mol. The van der Waals surface area contributed by atoms with Gasteiger partial charge >= 0.3 is 0 Å². The number of carbonyl (C=O) groups is 2. The standard InChI is InChI=1S/C29H27ClN4O4S2/c1-37-23-8-6-22(7-9-23)34-29-26(27(31-34)19-2-4-21(30)5-3-19)28(20-10-15-39-17-20)40-18-25(36)33(29)16-24(35)32-11-13-38-14-12-32/h2-10,15,17,28H,11-14,16,18H2,1H3/t28-/m1/s1. The quantitative estimate of drug-likeness (QED) is 0.302. The van der Waals surface area contributed by atoms with Crippen molar-refractivity contribution in [2.45, 2.75) is 5.25 Å². The molecule has 4 heterocycles. The summed E-state index contributed by atoms with van der Waals surface area (Å²) in [5.41, 5.74) is 4.36. The number of methoxy groups -OCH3 is 1. The van der Waals surface area contributed by atoms with Crippen molar-refractivity contribution in [2.75, 3.05) is 50.6 Å². The zero-order valence-electron chi connectivity index (χ0n) is 21.8. The number of hydrogen-bond donors (Lipinski definition) is 0. The summed E-state index contributed by atoms with van der Waals surface area (Å²) in [5.74, 6) is 1.29. The van der Waals surface area contributed by atoms with E-state index in [1.54, 1.807) is 44.7 Å². The third-order valence-corrected chi connectivity index (χ3v) is 9.24. The van der Waals surface area contributed by atoms with Gasteiger partial charge in [0.25, 0.3) is 0 Å². The van der Waals surface area contributed by atoms with Gasteiger partial charge in [-0.25, -0.2) is 4.68 Å². The van der Waals surface area contributed by atoms with Crippen molar-refractivity contribution in [2.24, 2.45) is 0 Å². The van der Waals surface area contributed by atoms with Crippen LogP contribution in [0, 0.1) is 0 Å². The van der Waals surface area contributed by atoms with Crippen molar-refractivity contribution in [1.29, 1.82) is 0 Å². The fraction of sp³-hybridized carbons (Fsp3) is 0.276. The van der Waals surface area contributed by atoms with Gasteiger partial charge in [-0.05, 0) is 58.8 Å². The molecule has 1 saturated heterocycles. The molecule has 2 aromatic carbocycles. The van der Waals surface area contributed by atoms with Crippen LogP contribution < -0.4 is 9.64 Å². The lowest BCUT2D eigenvalue weighted by molar-refractivity contribution is -0.134. The lowest BCUT2D eigenvalue weighted by Gasteiger charge is -2.30. The molecule has 2 aliphatic heterocycles. The van der Waals surface area contributed by atoms with Crippen LogP contribution in [0.15, 0.2) is 65.4 Å². The average Bonchev–Trinajstić information content (AvgIpc) is 3.63. The fourth-order valence-electron chi connectivity index (χ4n) is 4.98. The molecule has 2 aromatic heterocycles. The number of fused-ring (bicyclic) bond motifs is 1. The molecule has 2 amide bonds. The number of rotatable bonds is 6. The van der Waals surface area contributed by atoms with E-state index in [0.29, 0.717) is 42.9 Å². The number of hydrogen-bond acceptors (Lipinski definition) is 7. The molecule has 0 spiro atoms. The van der Waals surface area contributed by atoms with Crippen molar-refractivity contribution in [3.63, 3.8) is 0 Å². The summed E-state index contributed by atoms with van der Waals surface area (Å²) in [7, 11) is 1.62. The number of ether oxygens (including phenoxy) is 2. The molecule has 206 valence electrons. The molecule has 2 aliphatic rings. The van der Waals surface area contributed by atoms with Crippen LogP contribution in [0.25, 0.3) is 16.9 Å². The lowest BCUT2D eigenvalue weighted by Crippen LogP contribution is -2.48. The van der Waals surface area contributed by atoms with Crippen molar-refractivity contribution < 1.29 is 19.1 Å². The third kappa shape index (κ3) is 5.24. The highest BCUT2D eigenvalue weighted by atomic mass is 35.5. The van der Waals surface area contributed by atoms with E-state index in [1.807, 2.05) is 53.9 Å². The number of thioether (sulfide) groups is 1. The van der Waals surface area contributed by atoms with Gasteiger partial charge in [0.1, 0.15) is 18.1 Å². The first kappa shape index (κ1) is 26.9. The maximum Gasteiger partial charge on any atom is 0.242 e. The van der Waals surface area contributed by atoms with Crippen LogP contribution in [-0.4, -0.2) is 72.2 Å². The van der Waals surface area contributed by atoms with Gasteiger partial charge in [-0.1, -0.05) is 23.7 Å². The minimum atomic E-state index is -0.161. The molecule has 0 aliphatic carbocycles. The Hall–Kier alpha value is -3.31. The molecule has 4 aromatic rings. The number of amides is 2. The number of morpholine rings is 1. The summed E-state index contributed by atoms with van der Waals surface area (Å²) in [4.78, 5) is 30.7. The molecule has 0 unspecified atom stereocenters. The van der Waals surface area contributed by atoms with Crippen LogP contribution in [0.5, 0.6) is 5.75 Å². The van der Waals surface area contributed by atoms with Gasteiger partial charge < -0.3 is 14.4 Å². The van der Waals surface area contributed by atoms with Crippen LogP contribution >= 0.6 is 34.7 Å². The normalized spacial score (nSPS) is 17.4. The van der Waals surface area contributed by atoms with E-state index >= 15 is 0 Å². The second-order valence-electron chi connectivity index (χ2n) is 9.42. The number of anilines is 1. The van der Waals surface area contributed by atoms with E-state index in [2.05, 4.69) is 11.4 Å². The Balaban J connectivity index is 1.57. The maximum atomic E-state index is 13.8. The highest BCUT2D eigenvalue weighted by Crippen LogP contribution is 2.49. The average molecular weight is 595 g/mol. The summed E-state index contributed by atoms with van der Waals surface area (Å²) >= 11 is 9.41. The van der Waals surface area contributed by atoms with Crippen LogP contribution in [0.4, 0.5) is 5.82 Å². The second-order valence-corrected chi connectivity index (χ2v) is 11.7. The summed E-state index contributed by atoms with van der Waals surface area (Å²) in [6.45, 7) is 1.92. The molecule has 0 radical (unpaired) electrons. The van der Waals surface area contributed by atoms with E-state index in [-0.39, 0.29) is 29.4 Å². The van der Waals surface area contributed by atoms with Gasteiger partial charge in [0.05, 0.1) is 42.7 Å². The molecule has 40 heavy (non-hydrogen) atoms. The van der Waals surface area contributed by atoms with Crippen molar-refractivity contribution in [1.82, 2.24) is 14.7 Å². The van der Waals surface area contributed by atoms with Gasteiger partial charge in [0.2, 0.25) is 11.8 Å². The first-order chi connectivity index (χ1) is 19.5. The summed E-state index contributed by atoms with van der Waals surface area (Å²) in [5, 5.41) is 9.72. The SMILES string of the molecule is COc1ccc(-n2nc(-c3ccc(Cl)cc3)c3c2N(CC(=O)N2CCOCC2)C(=O)CS[C@@H]3c2ccsc2)cc1. The maximum absolute atomic E-state index is 13.8. The second kappa shape index (κ2) is 11.7. The van der Waals surface area contributed by atoms with Crippen LogP contribution in [0.3, 0.4) is 0 Å². The van der Waals surface area contributed by atoms with Crippen molar-refractivity contribution in [3.8, 4) is 22.7 Å². The molecule has 11 heteroatoms. The first-order valence-electron chi connectivity index (χ1n) is 12.9. The molecule has 0 saturated carbocycles. The van der Waals surface area contributed by atoms with Crippen molar-refractivity contribution in [3.05, 3.63) is 81.5 Å². The largest absolute Gasteiger partial charge is 0.497 e. The van der Waals surface area contributed by atoms with Gasteiger partial charge in [-0.15, -0.1) is 11.8 Å². The highest BCUT2D eigenvalue weighted by molar-refractivity contribution is 8.00. The smallest absolute Gasteiger partial charge is 0.242 e. The van der Waals surface area contributed by atoms with Gasteiger partial charge in [-0.3, -0.25) is 14.5 Å². The number of carbonyl (C=O) groups excluding carboxylic acids is 2. The molecule has 1 atom stereocenters. The monoisotopic (exact) mass is 594 g/mol. The number of benzene rings is 2. The minimum absolute atomic E-state index is 0.0787. The minimum Gasteiger partial charge on any atom is -0.497 e. The topological polar surface area (TPSA) is 76.9 Å². The summed E-state index contributed by atoms with van der Waals surface area (Å²) in [6, 6.07) is 17.2. The Labute approximate surface area is 245 Å². The summed E-state index contributed by atoms with van der Waals surface area (Å²) in [6.07, 6.45) is 0. The van der Waals surface area contributed by atoms with Gasteiger partial charge in [-0.2, -0.15) is 16.4 Å². The zero-order valence-corrected chi connectivity index (χ0v) is 24.2. The Morgan fingerprint density at radius 3 is 2.52 bits per heavy atom. The molecule has 0 bridgehead atoms. The van der Waals surface area contributed by atoms with E-state index in [4.69, 9.17) is 26.2 Å². The Morgan fingerprint density at radius 2 is 1.85 bits per heavy atom. The summed E-state index contributed by atoms with van der Waals surface area (Å²) < 4.78 is 12.6. The number of halogens is 1. The van der Waals surface area contributed by atoms with E-state index in [9.17, 15) is 9.59 Å². The third-order valence-electron chi connectivity index (χ3n) is 7.03. The van der Waals surface area contributed by atoms with Crippen molar-refractivity contribution >= 4 is 52.3 Å². The number of nitrogens with zero attached hydrogens (tertiary/aromatic N) is 4. The fourth-order valence-corrected chi connectivity index (χ4v) is 7.06. The Kier molecular flexibility index (Phi) is 7.84. The van der Waals surface area contributed by atoms with Gasteiger partial charge in [0.15, 0.2) is 0 Å². The number of aromatic nitrogens is 2. The van der Waals surface area contributed by atoms with E-state index < -0.39 is 0 Å². The van der Waals surface area contributed by atoms with E-state index in [0.717, 1.165) is 28.1 Å². The molecular formula is C29H27ClN4O4S2.